The zero-order valence-corrected chi connectivity index (χ0v) is 13.1. The minimum atomic E-state index is -2.87. The number of rotatable bonds is 7. The van der Waals surface area contributed by atoms with E-state index in [0.29, 0.717) is 6.54 Å². The van der Waals surface area contributed by atoms with Crippen LogP contribution in [0.25, 0.3) is 0 Å². The van der Waals surface area contributed by atoms with Crippen LogP contribution in [-0.4, -0.2) is 52.0 Å². The Balaban J connectivity index is 2.28. The Morgan fingerprint density at radius 1 is 1.28 bits per heavy atom. The highest BCUT2D eigenvalue weighted by Gasteiger charge is 2.05. The maximum absolute atomic E-state index is 11.0. The fraction of sp³-hybridized carbons (Fsp3) is 0.500. The molecule has 0 aliphatic carbocycles. The van der Waals surface area contributed by atoms with Gasteiger partial charge in [0.05, 0.1) is 5.75 Å². The quantitative estimate of drug-likeness (QED) is 0.826. The van der Waals surface area contributed by atoms with Gasteiger partial charge in [-0.3, -0.25) is 0 Å². The van der Waals surface area contributed by atoms with Gasteiger partial charge in [0.2, 0.25) is 0 Å². The highest BCUT2D eigenvalue weighted by Crippen LogP contribution is 2.20. The van der Waals surface area contributed by atoms with Crippen molar-refractivity contribution < 1.29 is 8.42 Å². The molecule has 6 heteroatoms. The monoisotopic (exact) mass is 334 g/mol. The summed E-state index contributed by atoms with van der Waals surface area (Å²) in [7, 11) is -0.949. The molecule has 0 heterocycles. The molecule has 0 bridgehead atoms. The summed E-state index contributed by atoms with van der Waals surface area (Å²) in [6.45, 7) is 2.15. The Morgan fingerprint density at radius 3 is 2.56 bits per heavy atom. The first-order valence-corrected chi connectivity index (χ1v) is 8.58. The van der Waals surface area contributed by atoms with Crippen LogP contribution >= 0.6 is 15.9 Å². The summed E-state index contributed by atoms with van der Waals surface area (Å²) in [6.07, 6.45) is 1.26. The number of hydrogen-bond acceptors (Lipinski definition) is 4. The van der Waals surface area contributed by atoms with Crippen molar-refractivity contribution in [2.24, 2.45) is 0 Å². The van der Waals surface area contributed by atoms with E-state index in [4.69, 9.17) is 0 Å². The lowest BCUT2D eigenvalue weighted by molar-refractivity contribution is 0.367. The number of anilines is 1. The standard InChI is InChI=1S/C12H19BrN2O2S/c1-15(9-10-18(2,16)17)8-7-14-12-6-4-3-5-11(12)13/h3-6,14H,7-10H2,1-2H3. The first-order chi connectivity index (χ1) is 8.38. The minimum absolute atomic E-state index is 0.207. The number of nitrogens with zero attached hydrogens (tertiary/aromatic N) is 1. The topological polar surface area (TPSA) is 49.4 Å². The number of benzene rings is 1. The van der Waals surface area contributed by atoms with E-state index in [0.717, 1.165) is 23.2 Å². The molecule has 0 aliphatic rings. The minimum Gasteiger partial charge on any atom is -0.383 e. The molecule has 18 heavy (non-hydrogen) atoms. The van der Waals surface area contributed by atoms with Crippen molar-refractivity contribution in [3.63, 3.8) is 0 Å². The highest BCUT2D eigenvalue weighted by molar-refractivity contribution is 9.10. The summed E-state index contributed by atoms with van der Waals surface area (Å²) in [6, 6.07) is 7.92. The zero-order chi connectivity index (χ0) is 13.6. The Bertz CT molecular complexity index is 477. The maximum Gasteiger partial charge on any atom is 0.148 e. The molecule has 0 atom stereocenters. The summed E-state index contributed by atoms with van der Waals surface area (Å²) in [5.74, 6) is 0.207. The Morgan fingerprint density at radius 2 is 1.94 bits per heavy atom. The molecule has 0 amide bonds. The maximum atomic E-state index is 11.0. The van der Waals surface area contributed by atoms with Crippen LogP contribution < -0.4 is 5.32 Å². The molecular formula is C12H19BrN2O2S. The summed E-state index contributed by atoms with van der Waals surface area (Å²) < 4.78 is 23.1. The van der Waals surface area contributed by atoms with E-state index >= 15 is 0 Å². The van der Waals surface area contributed by atoms with Crippen LogP contribution in [0.4, 0.5) is 5.69 Å². The number of sulfone groups is 1. The van der Waals surface area contributed by atoms with E-state index in [9.17, 15) is 8.42 Å². The second-order valence-corrected chi connectivity index (χ2v) is 7.45. The molecule has 0 unspecified atom stereocenters. The van der Waals surface area contributed by atoms with Crippen LogP contribution in [0, 0.1) is 0 Å². The lowest BCUT2D eigenvalue weighted by Gasteiger charge is -2.17. The number of hydrogen-bond donors (Lipinski definition) is 1. The molecule has 1 N–H and O–H groups in total. The molecule has 1 aromatic rings. The van der Waals surface area contributed by atoms with Crippen LogP contribution in [0.15, 0.2) is 28.7 Å². The second-order valence-electron chi connectivity index (χ2n) is 4.34. The Kier molecular flexibility index (Phi) is 6.11. The van der Waals surface area contributed by atoms with Crippen molar-refractivity contribution >= 4 is 31.5 Å². The fourth-order valence-electron chi connectivity index (χ4n) is 1.42. The highest BCUT2D eigenvalue weighted by atomic mass is 79.9. The summed E-state index contributed by atoms with van der Waals surface area (Å²) in [4.78, 5) is 2.00. The van der Waals surface area contributed by atoms with Gasteiger partial charge in [0.25, 0.3) is 0 Å². The normalized spacial score (nSPS) is 11.8. The number of halogens is 1. The Labute approximate surface area is 117 Å². The van der Waals surface area contributed by atoms with Crippen molar-refractivity contribution in [1.82, 2.24) is 4.90 Å². The summed E-state index contributed by atoms with van der Waals surface area (Å²) >= 11 is 3.46. The van der Waals surface area contributed by atoms with Gasteiger partial charge in [0.15, 0.2) is 0 Å². The fourth-order valence-corrected chi connectivity index (χ4v) is 2.49. The van der Waals surface area contributed by atoms with Gasteiger partial charge >= 0.3 is 0 Å². The van der Waals surface area contributed by atoms with Crippen molar-refractivity contribution in [2.75, 3.05) is 44.0 Å². The molecule has 4 nitrogen and oxygen atoms in total. The molecule has 0 radical (unpaired) electrons. The van der Waals surface area contributed by atoms with Gasteiger partial charge < -0.3 is 10.2 Å². The molecule has 0 saturated heterocycles. The lowest BCUT2D eigenvalue weighted by Crippen LogP contribution is -2.29. The van der Waals surface area contributed by atoms with Crippen molar-refractivity contribution in [3.05, 3.63) is 28.7 Å². The van der Waals surface area contributed by atoms with Gasteiger partial charge in [0.1, 0.15) is 9.84 Å². The van der Waals surface area contributed by atoms with E-state index in [1.165, 1.54) is 6.26 Å². The van der Waals surface area contributed by atoms with Gasteiger partial charge in [-0.2, -0.15) is 0 Å². The van der Waals surface area contributed by atoms with Gasteiger partial charge in [-0.1, -0.05) is 12.1 Å². The van der Waals surface area contributed by atoms with Crippen LogP contribution in [-0.2, 0) is 9.84 Å². The average Bonchev–Trinajstić information content (AvgIpc) is 2.28. The number of likely N-dealkylation sites (N-methyl/N-ethyl adjacent to an activating group) is 1. The van der Waals surface area contributed by atoms with E-state index in [1.54, 1.807) is 0 Å². The van der Waals surface area contributed by atoms with Gasteiger partial charge in [-0.05, 0) is 35.1 Å². The molecule has 1 rings (SSSR count). The van der Waals surface area contributed by atoms with E-state index in [1.807, 2.05) is 36.2 Å². The van der Waals surface area contributed by atoms with E-state index in [-0.39, 0.29) is 5.75 Å². The van der Waals surface area contributed by atoms with Gasteiger partial charge in [-0.25, -0.2) is 8.42 Å². The van der Waals surface area contributed by atoms with Crippen molar-refractivity contribution in [3.8, 4) is 0 Å². The van der Waals surface area contributed by atoms with Crippen LogP contribution in [0.2, 0.25) is 0 Å². The van der Waals surface area contributed by atoms with Crippen molar-refractivity contribution in [2.45, 2.75) is 0 Å². The predicted molar refractivity (Wildman–Crippen MR) is 79.8 cm³/mol. The van der Waals surface area contributed by atoms with Gasteiger partial charge in [0, 0.05) is 36.1 Å². The third-order valence-electron chi connectivity index (χ3n) is 2.53. The van der Waals surface area contributed by atoms with E-state index < -0.39 is 9.84 Å². The first-order valence-electron chi connectivity index (χ1n) is 5.73. The van der Waals surface area contributed by atoms with Crippen molar-refractivity contribution in [1.29, 1.82) is 0 Å². The second kappa shape index (κ2) is 7.11. The molecule has 0 spiro atoms. The summed E-state index contributed by atoms with van der Waals surface area (Å²) in [5.41, 5.74) is 1.05. The predicted octanol–water partition coefficient (Wildman–Crippen LogP) is 1.84. The molecule has 1 aromatic carbocycles. The van der Waals surface area contributed by atoms with Crippen LogP contribution in [0.5, 0.6) is 0 Å². The van der Waals surface area contributed by atoms with Gasteiger partial charge in [-0.15, -0.1) is 0 Å². The number of para-hydroxylation sites is 1. The third kappa shape index (κ3) is 6.37. The molecule has 0 saturated carbocycles. The molecule has 0 aliphatic heterocycles. The molecular weight excluding hydrogens is 316 g/mol. The largest absolute Gasteiger partial charge is 0.383 e. The zero-order valence-electron chi connectivity index (χ0n) is 10.7. The lowest BCUT2D eigenvalue weighted by atomic mass is 10.3. The molecule has 0 aromatic heterocycles. The third-order valence-corrected chi connectivity index (χ3v) is 4.14. The summed E-state index contributed by atoms with van der Waals surface area (Å²) in [5, 5.41) is 3.30. The molecule has 102 valence electrons. The van der Waals surface area contributed by atoms with Crippen LogP contribution in [0.3, 0.4) is 0 Å². The number of nitrogens with one attached hydrogen (secondary N) is 1. The Hall–Kier alpha value is -0.590. The SMILES string of the molecule is CN(CCNc1ccccc1Br)CCS(C)(=O)=O. The average molecular weight is 335 g/mol. The molecule has 0 fully saturated rings. The van der Waals surface area contributed by atoms with E-state index in [2.05, 4.69) is 21.2 Å². The van der Waals surface area contributed by atoms with Crippen LogP contribution in [0.1, 0.15) is 0 Å². The first kappa shape index (κ1) is 15.5. The smallest absolute Gasteiger partial charge is 0.148 e.